The molecule has 2 aliphatic heterocycles. The maximum Gasteiger partial charge on any atom is 0.191 e. The zero-order chi connectivity index (χ0) is 20.3. The molecule has 2 aliphatic rings. The number of hydrogen-bond donors (Lipinski definition) is 2. The van der Waals surface area contributed by atoms with Gasteiger partial charge >= 0.3 is 0 Å². The molecule has 0 amide bonds. The summed E-state index contributed by atoms with van der Waals surface area (Å²) in [4.78, 5) is 9.87. The van der Waals surface area contributed by atoms with Crippen LogP contribution in [0.1, 0.15) is 38.7 Å². The van der Waals surface area contributed by atoms with Gasteiger partial charge in [0.05, 0.1) is 19.8 Å². The molecule has 170 valence electrons. The van der Waals surface area contributed by atoms with E-state index in [9.17, 15) is 0 Å². The van der Waals surface area contributed by atoms with Crippen LogP contribution in [-0.4, -0.2) is 69.9 Å². The van der Waals surface area contributed by atoms with Gasteiger partial charge in [-0.2, -0.15) is 0 Å². The topological polar surface area (TPSA) is 52.1 Å². The van der Waals surface area contributed by atoms with Gasteiger partial charge in [-0.3, -0.25) is 0 Å². The first-order valence-corrected chi connectivity index (χ1v) is 11.4. The summed E-state index contributed by atoms with van der Waals surface area (Å²) in [6, 6.07) is 8.61. The van der Waals surface area contributed by atoms with Gasteiger partial charge in [-0.1, -0.05) is 25.1 Å². The van der Waals surface area contributed by atoms with Crippen molar-refractivity contribution in [2.45, 2.75) is 39.7 Å². The highest BCUT2D eigenvalue weighted by molar-refractivity contribution is 14.0. The van der Waals surface area contributed by atoms with Crippen molar-refractivity contribution >= 4 is 35.6 Å². The smallest absolute Gasteiger partial charge is 0.191 e. The van der Waals surface area contributed by atoms with E-state index in [0.717, 1.165) is 57.7 Å². The van der Waals surface area contributed by atoms with Gasteiger partial charge in [-0.15, -0.1) is 24.0 Å². The fourth-order valence-corrected chi connectivity index (χ4v) is 4.06. The van der Waals surface area contributed by atoms with E-state index in [1.54, 1.807) is 0 Å². The van der Waals surface area contributed by atoms with E-state index in [-0.39, 0.29) is 24.0 Å². The van der Waals surface area contributed by atoms with E-state index in [2.05, 4.69) is 58.5 Å². The van der Waals surface area contributed by atoms with Crippen molar-refractivity contribution in [1.82, 2.24) is 15.5 Å². The molecule has 1 aromatic rings. The quantitative estimate of drug-likeness (QED) is 0.234. The second-order valence-electron chi connectivity index (χ2n) is 8.23. The molecule has 6 nitrogen and oxygen atoms in total. The highest BCUT2D eigenvalue weighted by Crippen LogP contribution is 2.22. The van der Waals surface area contributed by atoms with Gasteiger partial charge in [0.25, 0.3) is 0 Å². The number of nitrogens with zero attached hydrogens (tertiary/aromatic N) is 3. The number of halogens is 1. The Morgan fingerprint density at radius 2 is 1.83 bits per heavy atom. The summed E-state index contributed by atoms with van der Waals surface area (Å²) < 4.78 is 5.50. The average molecular weight is 530 g/mol. The molecule has 2 heterocycles. The number of nitrogens with one attached hydrogen (secondary N) is 2. The summed E-state index contributed by atoms with van der Waals surface area (Å²) in [5, 5.41) is 6.90. The number of benzene rings is 1. The lowest BCUT2D eigenvalue weighted by molar-refractivity contribution is 0.122. The Kier molecular flexibility index (Phi) is 11.8. The fourth-order valence-electron chi connectivity index (χ4n) is 4.06. The molecule has 2 saturated heterocycles. The summed E-state index contributed by atoms with van der Waals surface area (Å²) in [5.41, 5.74) is 2.56. The first-order chi connectivity index (χ1) is 14.3. The minimum absolute atomic E-state index is 0. The minimum atomic E-state index is 0. The molecule has 0 aromatic heterocycles. The molecule has 1 aromatic carbocycles. The fraction of sp³-hybridized carbons (Fsp3) is 0.696. The lowest BCUT2D eigenvalue weighted by atomic mass is 9.99. The Balaban J connectivity index is 0.00000320. The van der Waals surface area contributed by atoms with Gasteiger partial charge in [0.2, 0.25) is 0 Å². The van der Waals surface area contributed by atoms with Crippen LogP contribution in [0.2, 0.25) is 0 Å². The molecule has 0 atom stereocenters. The van der Waals surface area contributed by atoms with E-state index < -0.39 is 0 Å². The van der Waals surface area contributed by atoms with E-state index in [0.29, 0.717) is 6.54 Å². The Morgan fingerprint density at radius 1 is 1.10 bits per heavy atom. The highest BCUT2D eigenvalue weighted by Gasteiger charge is 2.15. The largest absolute Gasteiger partial charge is 0.378 e. The molecule has 0 spiro atoms. The molecular formula is C23H40IN5O. The number of piperidine rings is 1. The second-order valence-corrected chi connectivity index (χ2v) is 8.23. The van der Waals surface area contributed by atoms with E-state index in [1.165, 1.54) is 43.7 Å². The number of rotatable bonds is 8. The lowest BCUT2D eigenvalue weighted by Gasteiger charge is -2.30. The van der Waals surface area contributed by atoms with Crippen LogP contribution in [0.25, 0.3) is 0 Å². The Bertz CT molecular complexity index is 628. The van der Waals surface area contributed by atoms with Gasteiger partial charge < -0.3 is 25.2 Å². The molecule has 0 radical (unpaired) electrons. The van der Waals surface area contributed by atoms with Gasteiger partial charge in [0, 0.05) is 31.9 Å². The molecule has 3 rings (SSSR count). The van der Waals surface area contributed by atoms with Crippen molar-refractivity contribution in [1.29, 1.82) is 0 Å². The van der Waals surface area contributed by atoms with Crippen LogP contribution >= 0.6 is 24.0 Å². The van der Waals surface area contributed by atoms with Crippen LogP contribution in [-0.2, 0) is 11.3 Å². The summed E-state index contributed by atoms with van der Waals surface area (Å²) in [6.07, 6.45) is 3.85. The van der Waals surface area contributed by atoms with Crippen molar-refractivity contribution in [3.8, 4) is 0 Å². The SMILES string of the molecule is CCNC(=NCc1ccccc1N1CCOCC1)NCCCN1CCC(C)CC1.I. The third-order valence-corrected chi connectivity index (χ3v) is 5.91. The predicted molar refractivity (Wildman–Crippen MR) is 137 cm³/mol. The highest BCUT2D eigenvalue weighted by atomic mass is 127. The summed E-state index contributed by atoms with van der Waals surface area (Å²) in [6.45, 7) is 14.2. The predicted octanol–water partition coefficient (Wildman–Crippen LogP) is 3.32. The number of hydrogen-bond acceptors (Lipinski definition) is 4. The number of aliphatic imine (C=N–C) groups is 1. The molecule has 2 N–H and O–H groups in total. The van der Waals surface area contributed by atoms with Crippen LogP contribution in [0.3, 0.4) is 0 Å². The van der Waals surface area contributed by atoms with E-state index >= 15 is 0 Å². The van der Waals surface area contributed by atoms with Gasteiger partial charge in [0.1, 0.15) is 0 Å². The third kappa shape index (κ3) is 8.23. The Labute approximate surface area is 199 Å². The van der Waals surface area contributed by atoms with Crippen LogP contribution in [0.5, 0.6) is 0 Å². The number of guanidine groups is 1. The molecule has 2 fully saturated rings. The summed E-state index contributed by atoms with van der Waals surface area (Å²) in [7, 11) is 0. The standard InChI is InChI=1S/C23H39N5O.HI/c1-3-24-23(25-11-6-12-27-13-9-20(2)10-14-27)26-19-21-7-4-5-8-22(21)28-15-17-29-18-16-28;/h4-5,7-8,20H,3,6,9-19H2,1-2H3,(H2,24,25,26);1H. The van der Waals surface area contributed by atoms with Gasteiger partial charge in [-0.05, 0) is 63.4 Å². The van der Waals surface area contributed by atoms with Crippen molar-refractivity contribution in [3.63, 3.8) is 0 Å². The Hall–Kier alpha value is -1.06. The second kappa shape index (κ2) is 14.1. The molecule has 0 saturated carbocycles. The molecule has 0 unspecified atom stereocenters. The first kappa shape index (κ1) is 25.2. The molecular weight excluding hydrogens is 489 g/mol. The summed E-state index contributed by atoms with van der Waals surface area (Å²) >= 11 is 0. The maximum atomic E-state index is 5.50. The molecule has 0 aliphatic carbocycles. The average Bonchev–Trinajstić information content (AvgIpc) is 2.77. The van der Waals surface area contributed by atoms with Crippen LogP contribution in [0.4, 0.5) is 5.69 Å². The maximum absolute atomic E-state index is 5.50. The zero-order valence-corrected chi connectivity index (χ0v) is 21.1. The third-order valence-electron chi connectivity index (χ3n) is 5.91. The molecule has 7 heteroatoms. The van der Waals surface area contributed by atoms with Gasteiger partial charge in [0.15, 0.2) is 5.96 Å². The number of para-hydroxylation sites is 1. The van der Waals surface area contributed by atoms with Crippen LogP contribution in [0.15, 0.2) is 29.3 Å². The van der Waals surface area contributed by atoms with Crippen molar-refractivity contribution < 1.29 is 4.74 Å². The minimum Gasteiger partial charge on any atom is -0.378 e. The monoisotopic (exact) mass is 529 g/mol. The Morgan fingerprint density at radius 3 is 2.57 bits per heavy atom. The normalized spacial score (nSPS) is 18.7. The van der Waals surface area contributed by atoms with Crippen LogP contribution in [0, 0.1) is 5.92 Å². The van der Waals surface area contributed by atoms with Crippen molar-refractivity contribution in [2.75, 3.05) is 63.9 Å². The molecule has 0 bridgehead atoms. The lowest BCUT2D eigenvalue weighted by Crippen LogP contribution is -2.40. The van der Waals surface area contributed by atoms with Crippen molar-refractivity contribution in [2.24, 2.45) is 10.9 Å². The number of likely N-dealkylation sites (tertiary alicyclic amines) is 1. The zero-order valence-electron chi connectivity index (χ0n) is 18.7. The molecule has 30 heavy (non-hydrogen) atoms. The van der Waals surface area contributed by atoms with Gasteiger partial charge in [-0.25, -0.2) is 4.99 Å². The first-order valence-electron chi connectivity index (χ1n) is 11.4. The van der Waals surface area contributed by atoms with Crippen LogP contribution < -0.4 is 15.5 Å². The summed E-state index contributed by atoms with van der Waals surface area (Å²) in [5.74, 6) is 1.81. The van der Waals surface area contributed by atoms with E-state index in [4.69, 9.17) is 9.73 Å². The number of anilines is 1. The van der Waals surface area contributed by atoms with E-state index in [1.807, 2.05) is 0 Å². The van der Waals surface area contributed by atoms with Crippen molar-refractivity contribution in [3.05, 3.63) is 29.8 Å². The number of morpholine rings is 1. The number of ether oxygens (including phenoxy) is 1.